The van der Waals surface area contributed by atoms with Crippen LogP contribution in [0.3, 0.4) is 0 Å². The lowest BCUT2D eigenvalue weighted by Crippen LogP contribution is -2.12. The third kappa shape index (κ3) is 3.79. The van der Waals surface area contributed by atoms with Crippen LogP contribution in [0.15, 0.2) is 79.1 Å². The normalized spacial score (nSPS) is 11.8. The summed E-state index contributed by atoms with van der Waals surface area (Å²) in [6.45, 7) is 6.93. The number of carbonyl (C=O) groups is 1. The van der Waals surface area contributed by atoms with E-state index >= 15 is 0 Å². The Bertz CT molecular complexity index is 496. The molecule has 1 N–H and O–H groups in total. The first-order chi connectivity index (χ1) is 8.69. The van der Waals surface area contributed by atoms with E-state index in [1.165, 1.54) is 24.3 Å². The lowest BCUT2D eigenvalue weighted by molar-refractivity contribution is -0.130. The summed E-state index contributed by atoms with van der Waals surface area (Å²) >= 11 is 0. The molecule has 1 aromatic carbocycles. The molecular weight excluding hydrogens is 228 g/mol. The maximum atomic E-state index is 11.8. The Morgan fingerprint density at radius 3 is 2.28 bits per heavy atom. The number of benzene rings is 1. The van der Waals surface area contributed by atoms with Gasteiger partial charge < -0.3 is 9.84 Å². The Morgan fingerprint density at radius 1 is 1.11 bits per heavy atom. The molecule has 3 nitrogen and oxygen atoms in total. The molecule has 0 saturated carbocycles. The van der Waals surface area contributed by atoms with Crippen molar-refractivity contribution in [3.63, 3.8) is 0 Å². The van der Waals surface area contributed by atoms with Crippen LogP contribution in [0.2, 0.25) is 0 Å². The first-order valence-electron chi connectivity index (χ1n) is 5.31. The van der Waals surface area contributed by atoms with Gasteiger partial charge in [0.05, 0.1) is 0 Å². The van der Waals surface area contributed by atoms with Gasteiger partial charge in [0.25, 0.3) is 0 Å². The maximum absolute atomic E-state index is 11.8. The molecule has 18 heavy (non-hydrogen) atoms. The van der Waals surface area contributed by atoms with Crippen molar-refractivity contribution >= 4 is 5.97 Å². The molecule has 0 heterocycles. The zero-order chi connectivity index (χ0) is 13.4. The zero-order valence-electron chi connectivity index (χ0n) is 9.87. The first-order valence-corrected chi connectivity index (χ1v) is 5.31. The fourth-order valence-corrected chi connectivity index (χ4v) is 1.23. The van der Waals surface area contributed by atoms with E-state index in [-0.39, 0.29) is 11.3 Å². The van der Waals surface area contributed by atoms with Gasteiger partial charge in [-0.2, -0.15) is 0 Å². The van der Waals surface area contributed by atoms with E-state index in [2.05, 4.69) is 13.2 Å². The predicted octanol–water partition coefficient (Wildman–Crippen LogP) is 3.33. The van der Waals surface area contributed by atoms with Crippen LogP contribution < -0.4 is 4.74 Å². The summed E-state index contributed by atoms with van der Waals surface area (Å²) in [6.07, 6.45) is 5.46. The van der Waals surface area contributed by atoms with Gasteiger partial charge in [-0.15, -0.1) is 0 Å². The van der Waals surface area contributed by atoms with Gasteiger partial charge in [-0.3, -0.25) is 0 Å². The van der Waals surface area contributed by atoms with Gasteiger partial charge in [0.2, 0.25) is 0 Å². The Morgan fingerprint density at radius 2 is 1.72 bits per heavy atom. The molecule has 0 aliphatic heterocycles. The summed E-state index contributed by atoms with van der Waals surface area (Å²) in [7, 11) is 0. The van der Waals surface area contributed by atoms with E-state index in [0.717, 1.165) is 0 Å². The molecule has 1 rings (SSSR count). The van der Waals surface area contributed by atoms with Crippen molar-refractivity contribution in [2.75, 3.05) is 0 Å². The molecule has 0 fully saturated rings. The number of rotatable bonds is 5. The average Bonchev–Trinajstić information content (AvgIpc) is 2.37. The summed E-state index contributed by atoms with van der Waals surface area (Å²) < 4.78 is 5.11. The third-order valence-corrected chi connectivity index (χ3v) is 2.01. The second-order valence-corrected chi connectivity index (χ2v) is 3.31. The van der Waals surface area contributed by atoms with Crippen molar-refractivity contribution < 1.29 is 14.6 Å². The summed E-state index contributed by atoms with van der Waals surface area (Å²) in [5.41, 5.74) is 0.0220. The second-order valence-electron chi connectivity index (χ2n) is 3.31. The molecule has 3 heteroatoms. The monoisotopic (exact) mass is 242 g/mol. The van der Waals surface area contributed by atoms with E-state index in [0.29, 0.717) is 5.75 Å². The number of para-hydroxylation sites is 1. The number of carbonyl (C=O) groups excluding carboxylic acids is 1. The number of hydrogen-bond acceptors (Lipinski definition) is 3. The number of ether oxygens (including phenoxy) is 1. The highest BCUT2D eigenvalue weighted by Crippen LogP contribution is 2.14. The van der Waals surface area contributed by atoms with Gasteiger partial charge in [0, 0.05) is 0 Å². The van der Waals surface area contributed by atoms with Gasteiger partial charge in [0.1, 0.15) is 17.1 Å². The van der Waals surface area contributed by atoms with Crippen LogP contribution in [0.25, 0.3) is 0 Å². The lowest BCUT2D eigenvalue weighted by Gasteiger charge is -2.06. The van der Waals surface area contributed by atoms with Crippen LogP contribution >= 0.6 is 0 Å². The number of aliphatic hydroxyl groups is 1. The molecule has 1 aromatic rings. The lowest BCUT2D eigenvalue weighted by atomic mass is 10.2. The SMILES string of the molecule is C=C/C=C(O)\C(=C/C=C)C(=O)Oc1ccccc1. The standard InChI is InChI=1S/C15H14O3/c1-3-8-13(14(16)9-4-2)15(17)18-12-10-6-5-7-11-12/h3-11,16H,1-2H2/b13-8+,14-9+. The summed E-state index contributed by atoms with van der Waals surface area (Å²) in [5.74, 6) is -0.466. The number of aliphatic hydroxyl groups excluding tert-OH is 1. The molecule has 0 bridgehead atoms. The summed E-state index contributed by atoms with van der Waals surface area (Å²) in [6, 6.07) is 8.61. The Kier molecular flexibility index (Phi) is 5.19. The van der Waals surface area contributed by atoms with Crippen molar-refractivity contribution in [1.29, 1.82) is 0 Å². The van der Waals surface area contributed by atoms with Gasteiger partial charge in [-0.05, 0) is 24.3 Å². The van der Waals surface area contributed by atoms with Crippen LogP contribution in [0, 0.1) is 0 Å². The van der Waals surface area contributed by atoms with Crippen molar-refractivity contribution in [2.45, 2.75) is 0 Å². The fourth-order valence-electron chi connectivity index (χ4n) is 1.23. The molecule has 0 spiro atoms. The van der Waals surface area contributed by atoms with Crippen molar-refractivity contribution in [3.8, 4) is 5.75 Å². The number of hydrogen-bond donors (Lipinski definition) is 1. The molecule has 0 unspecified atom stereocenters. The van der Waals surface area contributed by atoms with Crippen molar-refractivity contribution in [1.82, 2.24) is 0 Å². The van der Waals surface area contributed by atoms with E-state index < -0.39 is 5.97 Å². The van der Waals surface area contributed by atoms with E-state index in [1.54, 1.807) is 24.3 Å². The minimum atomic E-state index is -0.656. The molecule has 92 valence electrons. The topological polar surface area (TPSA) is 46.5 Å². The Hall–Kier alpha value is -2.55. The van der Waals surface area contributed by atoms with Crippen LogP contribution in [0.4, 0.5) is 0 Å². The van der Waals surface area contributed by atoms with Gasteiger partial charge in [0.15, 0.2) is 0 Å². The molecule has 0 aliphatic rings. The largest absolute Gasteiger partial charge is 0.507 e. The van der Waals surface area contributed by atoms with Crippen LogP contribution in [-0.4, -0.2) is 11.1 Å². The smallest absolute Gasteiger partial charge is 0.347 e. The molecule has 0 saturated heterocycles. The highest BCUT2D eigenvalue weighted by atomic mass is 16.5. The number of esters is 1. The fraction of sp³-hybridized carbons (Fsp3) is 0. The predicted molar refractivity (Wildman–Crippen MR) is 71.3 cm³/mol. The summed E-state index contributed by atoms with van der Waals surface area (Å²) in [4.78, 5) is 11.8. The number of allylic oxidation sites excluding steroid dienone is 4. The van der Waals surface area contributed by atoms with E-state index in [9.17, 15) is 9.90 Å². The molecule has 0 aliphatic carbocycles. The zero-order valence-corrected chi connectivity index (χ0v) is 9.87. The third-order valence-electron chi connectivity index (χ3n) is 2.01. The van der Waals surface area contributed by atoms with E-state index in [1.807, 2.05) is 6.07 Å². The van der Waals surface area contributed by atoms with Crippen LogP contribution in [0.1, 0.15) is 0 Å². The van der Waals surface area contributed by atoms with Gasteiger partial charge >= 0.3 is 5.97 Å². The van der Waals surface area contributed by atoms with Crippen molar-refractivity contribution in [3.05, 3.63) is 79.1 Å². The first kappa shape index (κ1) is 13.5. The highest BCUT2D eigenvalue weighted by molar-refractivity contribution is 5.94. The van der Waals surface area contributed by atoms with Gasteiger partial charge in [-0.25, -0.2) is 4.79 Å². The van der Waals surface area contributed by atoms with E-state index in [4.69, 9.17) is 4.74 Å². The van der Waals surface area contributed by atoms with Crippen molar-refractivity contribution in [2.24, 2.45) is 0 Å². The second kappa shape index (κ2) is 6.91. The Balaban J connectivity index is 2.92. The minimum absolute atomic E-state index is 0.0220. The quantitative estimate of drug-likeness (QED) is 0.283. The summed E-state index contributed by atoms with van der Waals surface area (Å²) in [5, 5.41) is 9.66. The molecule has 0 atom stereocenters. The average molecular weight is 242 g/mol. The van der Waals surface area contributed by atoms with Crippen LogP contribution in [-0.2, 0) is 4.79 Å². The molecule has 0 amide bonds. The molecule has 0 radical (unpaired) electrons. The van der Waals surface area contributed by atoms with Gasteiger partial charge in [-0.1, -0.05) is 43.5 Å². The highest BCUT2D eigenvalue weighted by Gasteiger charge is 2.15. The minimum Gasteiger partial charge on any atom is -0.507 e. The molecular formula is C15H14O3. The molecule has 0 aromatic heterocycles. The maximum Gasteiger partial charge on any atom is 0.347 e. The Labute approximate surface area is 106 Å². The van der Waals surface area contributed by atoms with Crippen LogP contribution in [0.5, 0.6) is 5.75 Å².